The molecule has 1 fully saturated rings. The van der Waals surface area contributed by atoms with E-state index >= 15 is 0 Å². The lowest BCUT2D eigenvalue weighted by Gasteiger charge is -2.09. The van der Waals surface area contributed by atoms with Crippen LogP contribution in [-0.2, 0) is 0 Å². The van der Waals surface area contributed by atoms with E-state index in [1.807, 2.05) is 44.3 Å². The maximum Gasteiger partial charge on any atom is 0.322 e. The van der Waals surface area contributed by atoms with Crippen molar-refractivity contribution in [1.82, 2.24) is 15.3 Å². The second-order valence-electron chi connectivity index (χ2n) is 5.30. The first-order chi connectivity index (χ1) is 11.1. The number of pyridine rings is 2. The van der Waals surface area contributed by atoms with Gasteiger partial charge < -0.3 is 5.32 Å². The van der Waals surface area contributed by atoms with Crippen molar-refractivity contribution in [3.05, 3.63) is 54.1 Å². The third-order valence-corrected chi connectivity index (χ3v) is 4.72. The molecule has 0 saturated carbocycles. The predicted octanol–water partition coefficient (Wildman–Crippen LogP) is 3.52. The minimum Gasteiger partial charge on any atom is -0.336 e. The molecule has 0 unspecified atom stereocenters. The fraction of sp³-hybridized carbons (Fsp3) is 0.235. The lowest BCUT2D eigenvalue weighted by molar-refractivity contribution is 0.252. The number of hydrogen-bond donors (Lipinski definition) is 1. The molecular formula is C17H18N4OS. The molecule has 1 aliphatic rings. The van der Waals surface area contributed by atoms with E-state index in [1.54, 1.807) is 28.6 Å². The van der Waals surface area contributed by atoms with Crippen LogP contribution in [0.2, 0.25) is 0 Å². The molecule has 4 heterocycles. The molecule has 1 aliphatic heterocycles. The summed E-state index contributed by atoms with van der Waals surface area (Å²) in [4.78, 5) is 21.4. The number of fused-ring (bicyclic) bond motifs is 1. The van der Waals surface area contributed by atoms with Gasteiger partial charge in [-0.1, -0.05) is 0 Å². The van der Waals surface area contributed by atoms with E-state index in [4.69, 9.17) is 0 Å². The highest BCUT2D eigenvalue weighted by Crippen LogP contribution is 2.33. The maximum atomic E-state index is 11.5. The molecular weight excluding hydrogens is 308 g/mol. The number of nitrogens with one attached hydrogen (secondary N) is 1. The van der Waals surface area contributed by atoms with Gasteiger partial charge in [0.15, 0.2) is 0 Å². The SMILES string of the molecule is Cc1ccncc1.Cc1nccc2sc(N3CCNC3=O)cc12. The van der Waals surface area contributed by atoms with Crippen LogP contribution in [0.3, 0.4) is 0 Å². The molecule has 0 atom stereocenters. The van der Waals surface area contributed by atoms with Crippen molar-refractivity contribution in [2.24, 2.45) is 0 Å². The Balaban J connectivity index is 0.000000188. The second kappa shape index (κ2) is 6.75. The zero-order valence-corrected chi connectivity index (χ0v) is 13.9. The number of thiophene rings is 1. The summed E-state index contributed by atoms with van der Waals surface area (Å²) in [5.74, 6) is 0. The quantitative estimate of drug-likeness (QED) is 0.744. The van der Waals surface area contributed by atoms with Gasteiger partial charge in [-0.25, -0.2) is 4.79 Å². The fourth-order valence-electron chi connectivity index (χ4n) is 2.33. The van der Waals surface area contributed by atoms with Crippen LogP contribution >= 0.6 is 11.3 Å². The molecule has 1 N–H and O–H groups in total. The van der Waals surface area contributed by atoms with E-state index in [9.17, 15) is 4.79 Å². The largest absolute Gasteiger partial charge is 0.336 e. The van der Waals surface area contributed by atoms with Gasteiger partial charge in [0, 0.05) is 47.5 Å². The number of nitrogens with zero attached hydrogens (tertiary/aromatic N) is 3. The Bertz CT molecular complexity index is 816. The van der Waals surface area contributed by atoms with E-state index < -0.39 is 0 Å². The van der Waals surface area contributed by atoms with Crippen LogP contribution in [0.1, 0.15) is 11.3 Å². The Morgan fingerprint density at radius 1 is 1.17 bits per heavy atom. The van der Waals surface area contributed by atoms with Crippen LogP contribution in [0.5, 0.6) is 0 Å². The first kappa shape index (κ1) is 15.4. The number of anilines is 1. The zero-order valence-electron chi connectivity index (χ0n) is 13.1. The minimum atomic E-state index is -0.00262. The van der Waals surface area contributed by atoms with Gasteiger partial charge in [-0.2, -0.15) is 0 Å². The van der Waals surface area contributed by atoms with Crippen molar-refractivity contribution < 1.29 is 4.79 Å². The normalized spacial score (nSPS) is 13.7. The summed E-state index contributed by atoms with van der Waals surface area (Å²) >= 11 is 1.64. The lowest BCUT2D eigenvalue weighted by Crippen LogP contribution is -2.26. The molecule has 3 aromatic rings. The van der Waals surface area contributed by atoms with Crippen LogP contribution in [0.4, 0.5) is 9.80 Å². The van der Waals surface area contributed by atoms with E-state index in [1.165, 1.54) is 10.3 Å². The molecule has 0 aromatic carbocycles. The molecule has 3 aromatic heterocycles. The molecule has 6 heteroatoms. The van der Waals surface area contributed by atoms with Crippen LogP contribution in [0, 0.1) is 13.8 Å². The van der Waals surface area contributed by atoms with Crippen molar-refractivity contribution in [2.75, 3.05) is 18.0 Å². The van der Waals surface area contributed by atoms with Gasteiger partial charge in [-0.05, 0) is 43.7 Å². The number of aryl methyl sites for hydroxylation is 2. The molecule has 118 valence electrons. The lowest BCUT2D eigenvalue weighted by atomic mass is 10.2. The maximum absolute atomic E-state index is 11.5. The van der Waals surface area contributed by atoms with Crippen molar-refractivity contribution in [3.63, 3.8) is 0 Å². The Labute approximate surface area is 139 Å². The predicted molar refractivity (Wildman–Crippen MR) is 94.1 cm³/mol. The summed E-state index contributed by atoms with van der Waals surface area (Å²) in [7, 11) is 0. The van der Waals surface area contributed by atoms with Crippen LogP contribution in [0.15, 0.2) is 42.9 Å². The van der Waals surface area contributed by atoms with Crippen LogP contribution in [0.25, 0.3) is 10.1 Å². The first-order valence-corrected chi connectivity index (χ1v) is 8.24. The van der Waals surface area contributed by atoms with E-state index in [2.05, 4.69) is 15.3 Å². The molecule has 4 rings (SSSR count). The molecule has 0 spiro atoms. The Morgan fingerprint density at radius 3 is 2.52 bits per heavy atom. The Morgan fingerprint density at radius 2 is 1.96 bits per heavy atom. The highest BCUT2D eigenvalue weighted by atomic mass is 32.1. The summed E-state index contributed by atoms with van der Waals surface area (Å²) < 4.78 is 1.18. The Kier molecular flexibility index (Phi) is 4.52. The standard InChI is InChI=1S/C11H11N3OS.C6H7N/c1-7-8-6-10(14-5-4-13-11(14)15)16-9(8)2-3-12-7;1-6-2-4-7-5-3-6/h2-3,6H,4-5H2,1H3,(H,13,15);2-5H,1H3. The summed E-state index contributed by atoms with van der Waals surface area (Å²) in [6.07, 6.45) is 5.38. The molecule has 1 saturated heterocycles. The fourth-order valence-corrected chi connectivity index (χ4v) is 3.46. The van der Waals surface area contributed by atoms with Gasteiger partial charge in [0.2, 0.25) is 0 Å². The number of carbonyl (C=O) groups excluding carboxylic acids is 1. The van der Waals surface area contributed by atoms with Gasteiger partial charge in [-0.15, -0.1) is 11.3 Å². The van der Waals surface area contributed by atoms with Gasteiger partial charge in [0.25, 0.3) is 0 Å². The Hall–Kier alpha value is -2.47. The van der Waals surface area contributed by atoms with Gasteiger partial charge >= 0.3 is 6.03 Å². The van der Waals surface area contributed by atoms with Gasteiger partial charge in [0.1, 0.15) is 5.00 Å². The average molecular weight is 326 g/mol. The molecule has 0 aliphatic carbocycles. The summed E-state index contributed by atoms with van der Waals surface area (Å²) in [5.41, 5.74) is 2.27. The molecule has 0 radical (unpaired) electrons. The minimum absolute atomic E-state index is 0.00262. The van der Waals surface area contributed by atoms with Crippen molar-refractivity contribution in [2.45, 2.75) is 13.8 Å². The highest BCUT2D eigenvalue weighted by Gasteiger charge is 2.23. The summed E-state index contributed by atoms with van der Waals surface area (Å²) in [5, 5.41) is 4.95. The molecule has 0 bridgehead atoms. The second-order valence-corrected chi connectivity index (χ2v) is 6.36. The highest BCUT2D eigenvalue weighted by molar-refractivity contribution is 7.23. The number of hydrogen-bond acceptors (Lipinski definition) is 4. The van der Waals surface area contributed by atoms with Crippen molar-refractivity contribution >= 4 is 32.5 Å². The molecule has 5 nitrogen and oxygen atoms in total. The molecule has 2 amide bonds. The summed E-state index contributed by atoms with van der Waals surface area (Å²) in [6, 6.07) is 7.98. The van der Waals surface area contributed by atoms with Crippen LogP contribution in [-0.4, -0.2) is 29.1 Å². The third-order valence-electron chi connectivity index (χ3n) is 3.60. The topological polar surface area (TPSA) is 58.1 Å². The number of urea groups is 1. The van der Waals surface area contributed by atoms with Gasteiger partial charge in [0.05, 0.1) is 0 Å². The van der Waals surface area contributed by atoms with Crippen LogP contribution < -0.4 is 10.2 Å². The zero-order chi connectivity index (χ0) is 16.2. The van der Waals surface area contributed by atoms with E-state index in [0.29, 0.717) is 0 Å². The third kappa shape index (κ3) is 3.48. The van der Waals surface area contributed by atoms with E-state index in [0.717, 1.165) is 29.2 Å². The molecule has 23 heavy (non-hydrogen) atoms. The van der Waals surface area contributed by atoms with Gasteiger partial charge in [-0.3, -0.25) is 14.9 Å². The number of amides is 2. The average Bonchev–Trinajstić information content (AvgIpc) is 3.15. The van der Waals surface area contributed by atoms with Crippen molar-refractivity contribution in [3.8, 4) is 0 Å². The van der Waals surface area contributed by atoms with Crippen molar-refractivity contribution in [1.29, 1.82) is 0 Å². The van der Waals surface area contributed by atoms with E-state index in [-0.39, 0.29) is 6.03 Å². The monoisotopic (exact) mass is 326 g/mol. The number of rotatable bonds is 1. The smallest absolute Gasteiger partial charge is 0.322 e. The number of aromatic nitrogens is 2. The number of carbonyl (C=O) groups is 1. The summed E-state index contributed by atoms with van der Waals surface area (Å²) in [6.45, 7) is 5.51. The first-order valence-electron chi connectivity index (χ1n) is 7.42.